The summed E-state index contributed by atoms with van der Waals surface area (Å²) in [6, 6.07) is 11.3. The maximum atomic E-state index is 11.2. The van der Waals surface area contributed by atoms with Gasteiger partial charge in [0.05, 0.1) is 11.6 Å². The van der Waals surface area contributed by atoms with Gasteiger partial charge in [0.1, 0.15) is 0 Å². The molecule has 0 unspecified atom stereocenters. The molecule has 5 atom stereocenters. The minimum absolute atomic E-state index is 0.167. The fraction of sp³-hybridized carbons (Fsp3) is 0.381. The lowest BCUT2D eigenvalue weighted by Gasteiger charge is -2.44. The first-order valence-corrected chi connectivity index (χ1v) is 9.87. The Bertz CT molecular complexity index is 896. The van der Waals surface area contributed by atoms with Gasteiger partial charge in [0.15, 0.2) is 0 Å². The predicted octanol–water partition coefficient (Wildman–Crippen LogP) is 5.99. The second-order valence-electron chi connectivity index (χ2n) is 7.83. The molecule has 0 radical (unpaired) electrons. The van der Waals surface area contributed by atoms with Crippen LogP contribution >= 0.6 is 23.2 Å². The summed E-state index contributed by atoms with van der Waals surface area (Å²) >= 11 is 12.9. The van der Waals surface area contributed by atoms with Crippen LogP contribution < -0.4 is 5.32 Å². The van der Waals surface area contributed by atoms with Crippen molar-refractivity contribution in [1.82, 2.24) is 0 Å². The Morgan fingerprint density at radius 2 is 1.81 bits per heavy atom. The van der Waals surface area contributed by atoms with Gasteiger partial charge >= 0.3 is 5.97 Å². The molecule has 2 fully saturated rings. The van der Waals surface area contributed by atoms with E-state index in [0.717, 1.165) is 16.3 Å². The highest BCUT2D eigenvalue weighted by atomic mass is 35.5. The van der Waals surface area contributed by atoms with E-state index < -0.39 is 5.97 Å². The van der Waals surface area contributed by atoms with Crippen LogP contribution in [0.3, 0.4) is 0 Å². The van der Waals surface area contributed by atoms with Crippen molar-refractivity contribution in [2.75, 3.05) is 5.32 Å². The average Bonchev–Trinajstić information content (AvgIpc) is 3.22. The van der Waals surface area contributed by atoms with Gasteiger partial charge in [0, 0.05) is 15.7 Å². The van der Waals surface area contributed by atoms with E-state index in [4.69, 9.17) is 28.3 Å². The van der Waals surface area contributed by atoms with Crippen LogP contribution in [-0.4, -0.2) is 11.1 Å². The molecule has 3 nitrogen and oxygen atoms in total. The fourth-order valence-electron chi connectivity index (χ4n) is 5.69. The van der Waals surface area contributed by atoms with Gasteiger partial charge in [-0.15, -0.1) is 0 Å². The van der Waals surface area contributed by atoms with Crippen molar-refractivity contribution in [3.8, 4) is 0 Å². The van der Waals surface area contributed by atoms with Crippen molar-refractivity contribution in [2.24, 2.45) is 17.8 Å². The molecule has 5 rings (SSSR count). The Labute approximate surface area is 162 Å². The number of aromatic carboxylic acids is 1. The summed E-state index contributed by atoms with van der Waals surface area (Å²) in [6.07, 6.45) is 3.81. The number of rotatable bonds is 2. The number of hydrogen-bond acceptors (Lipinski definition) is 2. The van der Waals surface area contributed by atoms with Gasteiger partial charge in [0.25, 0.3) is 0 Å². The Morgan fingerprint density at radius 3 is 2.54 bits per heavy atom. The highest BCUT2D eigenvalue weighted by Gasteiger charge is 2.54. The molecule has 2 N–H and O–H groups in total. The maximum absolute atomic E-state index is 11.2. The lowest BCUT2D eigenvalue weighted by atomic mass is 9.68. The first kappa shape index (κ1) is 16.5. The maximum Gasteiger partial charge on any atom is 0.335 e. The molecular weight excluding hydrogens is 369 g/mol. The predicted molar refractivity (Wildman–Crippen MR) is 103 cm³/mol. The topological polar surface area (TPSA) is 49.3 Å². The molecule has 0 saturated heterocycles. The van der Waals surface area contributed by atoms with Gasteiger partial charge in [0.2, 0.25) is 0 Å². The summed E-state index contributed by atoms with van der Waals surface area (Å²) in [4.78, 5) is 11.2. The number of carboxylic acid groups (broad SMARTS) is 1. The minimum Gasteiger partial charge on any atom is -0.478 e. The lowest BCUT2D eigenvalue weighted by Crippen LogP contribution is -2.35. The zero-order valence-electron chi connectivity index (χ0n) is 14.1. The molecule has 2 aliphatic carbocycles. The number of anilines is 1. The largest absolute Gasteiger partial charge is 0.478 e. The summed E-state index contributed by atoms with van der Waals surface area (Å²) in [5.74, 6) is 1.44. The number of benzene rings is 2. The first-order chi connectivity index (χ1) is 12.5. The molecule has 2 aromatic rings. The molecule has 0 aromatic heterocycles. The number of hydrogen-bond donors (Lipinski definition) is 2. The van der Waals surface area contributed by atoms with Crippen LogP contribution in [0, 0.1) is 17.8 Å². The van der Waals surface area contributed by atoms with Crippen LogP contribution in [0.25, 0.3) is 0 Å². The van der Waals surface area contributed by atoms with Crippen molar-refractivity contribution in [1.29, 1.82) is 0 Å². The molecule has 26 heavy (non-hydrogen) atoms. The SMILES string of the molecule is O=C(O)c1ccc([C@@H]2Nc3cc(Cl)cc(Cl)c3[C@H]3[C@H]4CC[C@@H](C4)[C@@H]32)cc1. The number of carbonyl (C=O) groups is 1. The van der Waals surface area contributed by atoms with Crippen molar-refractivity contribution in [2.45, 2.75) is 31.2 Å². The molecule has 0 spiro atoms. The van der Waals surface area contributed by atoms with Gasteiger partial charge in [-0.3, -0.25) is 0 Å². The van der Waals surface area contributed by atoms with Crippen LogP contribution in [-0.2, 0) is 0 Å². The summed E-state index contributed by atoms with van der Waals surface area (Å²) in [5.41, 5.74) is 3.72. The summed E-state index contributed by atoms with van der Waals surface area (Å²) in [7, 11) is 0. The number of carboxylic acids is 1. The van der Waals surface area contributed by atoms with Crippen LogP contribution in [0.4, 0.5) is 5.69 Å². The van der Waals surface area contributed by atoms with Crippen molar-refractivity contribution in [3.63, 3.8) is 0 Å². The number of halogens is 2. The van der Waals surface area contributed by atoms with Gasteiger partial charge in [-0.05, 0) is 78.3 Å². The Kier molecular flexibility index (Phi) is 3.74. The Morgan fingerprint density at radius 1 is 1.08 bits per heavy atom. The van der Waals surface area contributed by atoms with Gasteiger partial charge in [-0.2, -0.15) is 0 Å². The summed E-state index contributed by atoms with van der Waals surface area (Å²) in [6.45, 7) is 0. The molecule has 1 aliphatic heterocycles. The standard InChI is InChI=1S/C21H19Cl2NO2/c22-14-8-15(23)19-16(9-14)24-20(10-1-3-11(4-2-10)21(25)26)18-13-6-5-12(7-13)17(18)19/h1-4,8-9,12-13,17-18,20,24H,5-7H2,(H,25,26)/t12-,13-,17-,18-,20-/m0/s1. The van der Waals surface area contributed by atoms with Crippen LogP contribution in [0.15, 0.2) is 36.4 Å². The molecule has 5 heteroatoms. The van der Waals surface area contributed by atoms with Crippen LogP contribution in [0.5, 0.6) is 0 Å². The second-order valence-corrected chi connectivity index (χ2v) is 8.68. The Hall–Kier alpha value is -1.71. The van der Waals surface area contributed by atoms with Gasteiger partial charge in [-0.25, -0.2) is 4.79 Å². The van der Waals surface area contributed by atoms with E-state index in [1.807, 2.05) is 24.3 Å². The van der Waals surface area contributed by atoms with E-state index in [1.54, 1.807) is 12.1 Å². The monoisotopic (exact) mass is 387 g/mol. The summed E-state index contributed by atoms with van der Waals surface area (Å²) in [5, 5.41) is 14.3. The van der Waals surface area contributed by atoms with E-state index >= 15 is 0 Å². The summed E-state index contributed by atoms with van der Waals surface area (Å²) < 4.78 is 0. The quantitative estimate of drug-likeness (QED) is 0.665. The smallest absolute Gasteiger partial charge is 0.335 e. The zero-order chi connectivity index (χ0) is 18.0. The zero-order valence-corrected chi connectivity index (χ0v) is 15.6. The number of fused-ring (bicyclic) bond motifs is 7. The molecule has 2 bridgehead atoms. The molecule has 2 saturated carbocycles. The normalized spacial score (nSPS) is 31.2. The van der Waals surface area contributed by atoms with E-state index in [0.29, 0.717) is 34.3 Å². The third kappa shape index (κ3) is 2.37. The molecule has 0 amide bonds. The molecular formula is C21H19Cl2NO2. The van der Waals surface area contributed by atoms with Gasteiger partial charge < -0.3 is 10.4 Å². The Balaban J connectivity index is 1.61. The molecule has 1 heterocycles. The third-order valence-electron chi connectivity index (χ3n) is 6.62. The van der Waals surface area contributed by atoms with Crippen molar-refractivity contribution < 1.29 is 9.90 Å². The van der Waals surface area contributed by atoms with E-state index in [-0.39, 0.29) is 6.04 Å². The van der Waals surface area contributed by atoms with Crippen LogP contribution in [0.2, 0.25) is 10.0 Å². The highest BCUT2D eigenvalue weighted by Crippen LogP contribution is 2.64. The van der Waals surface area contributed by atoms with E-state index in [9.17, 15) is 4.79 Å². The second kappa shape index (κ2) is 5.90. The first-order valence-electron chi connectivity index (χ1n) is 9.11. The average molecular weight is 388 g/mol. The van der Waals surface area contributed by atoms with Crippen molar-refractivity contribution in [3.05, 3.63) is 63.1 Å². The molecule has 2 aromatic carbocycles. The molecule has 3 aliphatic rings. The minimum atomic E-state index is -0.894. The van der Waals surface area contributed by atoms with E-state index in [2.05, 4.69) is 5.32 Å². The van der Waals surface area contributed by atoms with Crippen LogP contribution in [0.1, 0.15) is 52.7 Å². The van der Waals surface area contributed by atoms with E-state index in [1.165, 1.54) is 24.8 Å². The van der Waals surface area contributed by atoms with Gasteiger partial charge in [-0.1, -0.05) is 35.3 Å². The highest BCUT2D eigenvalue weighted by molar-refractivity contribution is 6.35. The lowest BCUT2D eigenvalue weighted by molar-refractivity contribution is 0.0697. The van der Waals surface area contributed by atoms with Crippen molar-refractivity contribution >= 4 is 34.9 Å². The fourth-order valence-corrected chi connectivity index (χ4v) is 6.31. The third-order valence-corrected chi connectivity index (χ3v) is 7.15. The molecule has 134 valence electrons. The number of nitrogens with one attached hydrogen (secondary N) is 1.